The van der Waals surface area contributed by atoms with Gasteiger partial charge in [-0.15, -0.1) is 0 Å². The first kappa shape index (κ1) is 16.9. The predicted octanol–water partition coefficient (Wildman–Crippen LogP) is 2.35. The summed E-state index contributed by atoms with van der Waals surface area (Å²) >= 11 is 5.73. The quantitative estimate of drug-likeness (QED) is 0.817. The van der Waals surface area contributed by atoms with E-state index in [1.165, 1.54) is 38.3 Å². The van der Waals surface area contributed by atoms with E-state index < -0.39 is 21.5 Å². The Hall–Kier alpha value is -1.11. The van der Waals surface area contributed by atoms with Crippen LogP contribution in [0.1, 0.15) is 26.7 Å². The average molecular weight is 320 g/mol. The van der Waals surface area contributed by atoms with Gasteiger partial charge in [-0.1, -0.05) is 24.9 Å². The van der Waals surface area contributed by atoms with Gasteiger partial charge in [0.2, 0.25) is 10.0 Å². The average Bonchev–Trinajstić information content (AvgIpc) is 2.37. The number of ether oxygens (including phenoxy) is 1. The smallest absolute Gasteiger partial charge is 0.326 e. The Morgan fingerprint density at radius 1 is 1.35 bits per heavy atom. The molecule has 0 saturated carbocycles. The number of carbonyl (C=O) groups is 1. The maximum absolute atomic E-state index is 12.3. The van der Waals surface area contributed by atoms with Gasteiger partial charge in [-0.25, -0.2) is 8.42 Å². The second kappa shape index (κ2) is 6.56. The van der Waals surface area contributed by atoms with Crippen molar-refractivity contribution >= 4 is 27.6 Å². The molecule has 1 unspecified atom stereocenters. The Bertz CT molecular complexity index is 571. The zero-order valence-electron chi connectivity index (χ0n) is 11.6. The van der Waals surface area contributed by atoms with E-state index in [1.807, 2.05) is 6.92 Å². The van der Waals surface area contributed by atoms with Gasteiger partial charge in [-0.2, -0.15) is 4.72 Å². The summed E-state index contributed by atoms with van der Waals surface area (Å²) in [6.07, 6.45) is 0.973. The fourth-order valence-electron chi connectivity index (χ4n) is 1.89. The molecule has 7 heteroatoms. The molecule has 0 aliphatic heterocycles. The van der Waals surface area contributed by atoms with E-state index in [1.54, 1.807) is 0 Å². The van der Waals surface area contributed by atoms with E-state index >= 15 is 0 Å². The van der Waals surface area contributed by atoms with Crippen molar-refractivity contribution in [3.63, 3.8) is 0 Å². The third-order valence-electron chi connectivity index (χ3n) is 2.87. The van der Waals surface area contributed by atoms with Crippen molar-refractivity contribution in [3.8, 4) is 0 Å². The molecule has 0 aromatic heterocycles. The summed E-state index contributed by atoms with van der Waals surface area (Å²) in [5.41, 5.74) is -1.29. The summed E-state index contributed by atoms with van der Waals surface area (Å²) in [7, 11) is -2.59. The van der Waals surface area contributed by atoms with E-state index in [-0.39, 0.29) is 4.90 Å². The first-order valence-corrected chi connectivity index (χ1v) is 7.99. The molecular formula is C13H18ClNO4S. The van der Waals surface area contributed by atoms with Gasteiger partial charge >= 0.3 is 5.97 Å². The van der Waals surface area contributed by atoms with Crippen LogP contribution in [0, 0.1) is 0 Å². The summed E-state index contributed by atoms with van der Waals surface area (Å²) in [6.45, 7) is 3.37. The second-order valence-electron chi connectivity index (χ2n) is 4.63. The van der Waals surface area contributed by atoms with E-state index in [4.69, 9.17) is 11.6 Å². The van der Waals surface area contributed by atoms with Crippen LogP contribution in [0.3, 0.4) is 0 Å². The van der Waals surface area contributed by atoms with Crippen molar-refractivity contribution in [2.24, 2.45) is 0 Å². The first-order valence-electron chi connectivity index (χ1n) is 6.13. The largest absolute Gasteiger partial charge is 0.468 e. The second-order valence-corrected chi connectivity index (χ2v) is 6.75. The standard InChI is InChI=1S/C13H18ClNO4S/c1-4-9-13(2,12(16)19-3)15-20(17,18)11-7-5-10(14)6-8-11/h5-8,15H,4,9H2,1-3H3. The molecule has 1 aromatic carbocycles. The molecule has 1 N–H and O–H groups in total. The van der Waals surface area contributed by atoms with Gasteiger partial charge in [0.15, 0.2) is 0 Å². The first-order chi connectivity index (χ1) is 9.25. The van der Waals surface area contributed by atoms with E-state index in [2.05, 4.69) is 9.46 Å². The van der Waals surface area contributed by atoms with Crippen molar-refractivity contribution in [2.45, 2.75) is 37.1 Å². The highest BCUT2D eigenvalue weighted by Gasteiger charge is 2.38. The van der Waals surface area contributed by atoms with Crippen LogP contribution in [0.25, 0.3) is 0 Å². The molecule has 0 aliphatic carbocycles. The molecule has 0 radical (unpaired) electrons. The Kier molecular flexibility index (Phi) is 5.56. The van der Waals surface area contributed by atoms with Crippen LogP contribution in [0.15, 0.2) is 29.2 Å². The van der Waals surface area contributed by atoms with Crippen LogP contribution >= 0.6 is 11.6 Å². The van der Waals surface area contributed by atoms with Gasteiger partial charge in [0, 0.05) is 5.02 Å². The minimum atomic E-state index is -3.82. The predicted molar refractivity (Wildman–Crippen MR) is 77.1 cm³/mol. The lowest BCUT2D eigenvalue weighted by Crippen LogP contribution is -2.52. The molecule has 20 heavy (non-hydrogen) atoms. The van der Waals surface area contributed by atoms with Crippen molar-refractivity contribution in [2.75, 3.05) is 7.11 Å². The van der Waals surface area contributed by atoms with Gasteiger partial charge in [0.25, 0.3) is 0 Å². The zero-order chi connectivity index (χ0) is 15.4. The van der Waals surface area contributed by atoms with Gasteiger partial charge in [-0.3, -0.25) is 4.79 Å². The number of hydrogen-bond donors (Lipinski definition) is 1. The van der Waals surface area contributed by atoms with Crippen LogP contribution in [-0.2, 0) is 19.6 Å². The van der Waals surface area contributed by atoms with Gasteiger partial charge < -0.3 is 4.74 Å². The van der Waals surface area contributed by atoms with Crippen molar-refractivity contribution < 1.29 is 17.9 Å². The minimum Gasteiger partial charge on any atom is -0.468 e. The van der Waals surface area contributed by atoms with Gasteiger partial charge in [-0.05, 0) is 37.6 Å². The SMILES string of the molecule is CCCC(C)(NS(=O)(=O)c1ccc(Cl)cc1)C(=O)OC. The molecule has 0 amide bonds. The molecule has 1 aromatic rings. The number of sulfonamides is 1. The molecule has 0 heterocycles. The normalized spacial score (nSPS) is 14.6. The number of rotatable bonds is 6. The molecule has 0 spiro atoms. The van der Waals surface area contributed by atoms with Crippen LogP contribution < -0.4 is 4.72 Å². The number of carbonyl (C=O) groups excluding carboxylic acids is 1. The molecule has 1 atom stereocenters. The van der Waals surface area contributed by atoms with E-state index in [0.717, 1.165) is 0 Å². The lowest BCUT2D eigenvalue weighted by molar-refractivity contribution is -0.147. The highest BCUT2D eigenvalue weighted by molar-refractivity contribution is 7.89. The molecule has 0 bridgehead atoms. The molecule has 112 valence electrons. The number of benzene rings is 1. The fourth-order valence-corrected chi connectivity index (χ4v) is 3.41. The zero-order valence-corrected chi connectivity index (χ0v) is 13.2. The summed E-state index contributed by atoms with van der Waals surface area (Å²) in [4.78, 5) is 11.9. The molecule has 0 saturated heterocycles. The maximum atomic E-state index is 12.3. The van der Waals surface area contributed by atoms with E-state index in [9.17, 15) is 13.2 Å². The monoisotopic (exact) mass is 319 g/mol. The van der Waals surface area contributed by atoms with Crippen LogP contribution in [-0.4, -0.2) is 27.0 Å². The number of methoxy groups -OCH3 is 1. The van der Waals surface area contributed by atoms with Crippen LogP contribution in [0.4, 0.5) is 0 Å². The Balaban J connectivity index is 3.09. The fraction of sp³-hybridized carbons (Fsp3) is 0.462. The van der Waals surface area contributed by atoms with Gasteiger partial charge in [0.05, 0.1) is 12.0 Å². The molecular weight excluding hydrogens is 302 g/mol. The number of esters is 1. The lowest BCUT2D eigenvalue weighted by atomic mass is 9.98. The van der Waals surface area contributed by atoms with Crippen molar-refractivity contribution in [1.82, 2.24) is 4.72 Å². The molecule has 5 nitrogen and oxygen atoms in total. The Morgan fingerprint density at radius 3 is 2.35 bits per heavy atom. The van der Waals surface area contributed by atoms with Gasteiger partial charge in [0.1, 0.15) is 5.54 Å². The summed E-state index contributed by atoms with van der Waals surface area (Å²) < 4.78 is 31.7. The number of hydrogen-bond acceptors (Lipinski definition) is 4. The molecule has 0 fully saturated rings. The van der Waals surface area contributed by atoms with Crippen LogP contribution in [0.2, 0.25) is 5.02 Å². The summed E-state index contributed by atoms with van der Waals surface area (Å²) in [5, 5.41) is 0.438. The van der Waals surface area contributed by atoms with Crippen molar-refractivity contribution in [3.05, 3.63) is 29.3 Å². The van der Waals surface area contributed by atoms with E-state index in [0.29, 0.717) is 17.9 Å². The third-order valence-corrected chi connectivity index (χ3v) is 4.73. The third kappa shape index (κ3) is 3.94. The number of halogens is 1. The minimum absolute atomic E-state index is 0.0492. The van der Waals surface area contributed by atoms with Crippen molar-refractivity contribution in [1.29, 1.82) is 0 Å². The maximum Gasteiger partial charge on any atom is 0.326 e. The van der Waals surface area contributed by atoms with Crippen LogP contribution in [0.5, 0.6) is 0 Å². The molecule has 1 rings (SSSR count). The topological polar surface area (TPSA) is 72.5 Å². The molecule has 0 aliphatic rings. The highest BCUT2D eigenvalue weighted by Crippen LogP contribution is 2.20. The number of nitrogens with one attached hydrogen (secondary N) is 1. The Labute approximate surface area is 124 Å². The Morgan fingerprint density at radius 2 is 1.90 bits per heavy atom. The lowest BCUT2D eigenvalue weighted by Gasteiger charge is -2.27. The summed E-state index contributed by atoms with van der Waals surface area (Å²) in [5.74, 6) is -0.614. The summed E-state index contributed by atoms with van der Waals surface area (Å²) in [6, 6.07) is 5.72. The highest BCUT2D eigenvalue weighted by atomic mass is 35.5.